The van der Waals surface area contributed by atoms with Crippen LogP contribution in [-0.4, -0.2) is 25.3 Å². The number of esters is 1. The van der Waals surface area contributed by atoms with Crippen molar-refractivity contribution in [3.8, 4) is 0 Å². The number of epoxide rings is 1. The summed E-state index contributed by atoms with van der Waals surface area (Å²) in [5.74, 6) is -0.244. The summed E-state index contributed by atoms with van der Waals surface area (Å²) in [6.45, 7) is 7.24. The molecular weight excluding hydrogens is 348 g/mol. The van der Waals surface area contributed by atoms with Crippen molar-refractivity contribution < 1.29 is 14.3 Å². The van der Waals surface area contributed by atoms with Crippen molar-refractivity contribution >= 4 is 5.97 Å². The van der Waals surface area contributed by atoms with Gasteiger partial charge < -0.3 is 9.47 Å². The number of unbranched alkanes of at least 4 members (excludes halogenated alkanes) is 16. The SMILES string of the molecule is C=C(CCCCCCCCCCCCCCCCCCC)C(=O)OCC1CO1. The minimum atomic E-state index is -0.244. The molecule has 0 radical (unpaired) electrons. The molecule has 1 aliphatic heterocycles. The molecule has 1 fully saturated rings. The molecule has 1 atom stereocenters. The summed E-state index contributed by atoms with van der Waals surface area (Å²) in [6.07, 6.45) is 24.2. The number of rotatable bonds is 21. The summed E-state index contributed by atoms with van der Waals surface area (Å²) in [6, 6.07) is 0. The van der Waals surface area contributed by atoms with E-state index < -0.39 is 0 Å². The Morgan fingerprint density at radius 2 is 1.18 bits per heavy atom. The van der Waals surface area contributed by atoms with Gasteiger partial charge in [-0.15, -0.1) is 0 Å². The second-order valence-corrected chi connectivity index (χ2v) is 8.56. The molecule has 28 heavy (non-hydrogen) atoms. The fraction of sp³-hybridized carbons (Fsp3) is 0.880. The lowest BCUT2D eigenvalue weighted by atomic mass is 10.0. The van der Waals surface area contributed by atoms with E-state index in [0.29, 0.717) is 12.2 Å². The van der Waals surface area contributed by atoms with Crippen LogP contribution in [0, 0.1) is 0 Å². The van der Waals surface area contributed by atoms with E-state index in [-0.39, 0.29) is 12.1 Å². The maximum absolute atomic E-state index is 11.7. The third kappa shape index (κ3) is 16.2. The Bertz CT molecular complexity index is 387. The number of carbonyl (C=O) groups is 1. The monoisotopic (exact) mass is 394 g/mol. The highest BCUT2D eigenvalue weighted by Crippen LogP contribution is 2.16. The van der Waals surface area contributed by atoms with Gasteiger partial charge in [0.25, 0.3) is 0 Å². The van der Waals surface area contributed by atoms with Gasteiger partial charge in [-0.3, -0.25) is 0 Å². The summed E-state index contributed by atoms with van der Waals surface area (Å²) < 4.78 is 10.2. The van der Waals surface area contributed by atoms with Crippen LogP contribution in [0.1, 0.15) is 122 Å². The summed E-state index contributed by atoms with van der Waals surface area (Å²) in [7, 11) is 0. The zero-order chi connectivity index (χ0) is 20.3. The van der Waals surface area contributed by atoms with Gasteiger partial charge in [0, 0.05) is 5.57 Å². The van der Waals surface area contributed by atoms with Crippen LogP contribution in [0.15, 0.2) is 12.2 Å². The van der Waals surface area contributed by atoms with Crippen molar-refractivity contribution in [3.05, 3.63) is 12.2 Å². The molecule has 164 valence electrons. The minimum absolute atomic E-state index is 0.136. The number of ether oxygens (including phenoxy) is 2. The van der Waals surface area contributed by atoms with Crippen molar-refractivity contribution in [1.29, 1.82) is 0 Å². The quantitative estimate of drug-likeness (QED) is 0.0874. The zero-order valence-corrected chi connectivity index (χ0v) is 18.7. The summed E-state index contributed by atoms with van der Waals surface area (Å²) >= 11 is 0. The molecule has 0 aromatic heterocycles. The van der Waals surface area contributed by atoms with Crippen LogP contribution in [0.5, 0.6) is 0 Å². The first kappa shape index (κ1) is 25.2. The third-order valence-corrected chi connectivity index (χ3v) is 5.67. The van der Waals surface area contributed by atoms with Crippen LogP contribution in [-0.2, 0) is 14.3 Å². The molecule has 3 nitrogen and oxygen atoms in total. The predicted molar refractivity (Wildman–Crippen MR) is 119 cm³/mol. The number of hydrogen-bond acceptors (Lipinski definition) is 3. The lowest BCUT2D eigenvalue weighted by Gasteiger charge is -2.06. The average Bonchev–Trinajstić information content (AvgIpc) is 3.52. The van der Waals surface area contributed by atoms with Gasteiger partial charge in [0.2, 0.25) is 0 Å². The zero-order valence-electron chi connectivity index (χ0n) is 18.7. The average molecular weight is 395 g/mol. The Hall–Kier alpha value is -0.830. The standard InChI is InChI=1S/C25H46O3/c1-3-4-5-6-7-8-9-10-11-12-13-14-15-16-17-18-19-20-23(2)25(26)28-22-24-21-27-24/h24H,2-22H2,1H3. The fourth-order valence-electron chi connectivity index (χ4n) is 3.60. The van der Waals surface area contributed by atoms with Crippen molar-refractivity contribution in [1.82, 2.24) is 0 Å². The van der Waals surface area contributed by atoms with Gasteiger partial charge in [0.15, 0.2) is 0 Å². The molecule has 0 amide bonds. The second kappa shape index (κ2) is 18.2. The smallest absolute Gasteiger partial charge is 0.333 e. The first-order valence-corrected chi connectivity index (χ1v) is 12.2. The molecule has 1 saturated heterocycles. The summed E-state index contributed by atoms with van der Waals surface area (Å²) in [5.41, 5.74) is 0.613. The Kier molecular flexibility index (Phi) is 16.4. The highest BCUT2D eigenvalue weighted by atomic mass is 16.6. The Labute approximate surface area is 174 Å². The van der Waals surface area contributed by atoms with Crippen LogP contribution in [0.3, 0.4) is 0 Å². The summed E-state index contributed by atoms with van der Waals surface area (Å²) in [5, 5.41) is 0. The van der Waals surface area contributed by atoms with Gasteiger partial charge in [-0.05, 0) is 12.8 Å². The van der Waals surface area contributed by atoms with E-state index in [0.717, 1.165) is 19.4 Å². The third-order valence-electron chi connectivity index (χ3n) is 5.67. The van der Waals surface area contributed by atoms with Crippen molar-refractivity contribution in [3.63, 3.8) is 0 Å². The summed E-state index contributed by atoms with van der Waals surface area (Å²) in [4.78, 5) is 11.7. The maximum atomic E-state index is 11.7. The van der Waals surface area contributed by atoms with E-state index in [9.17, 15) is 4.79 Å². The van der Waals surface area contributed by atoms with E-state index >= 15 is 0 Å². The topological polar surface area (TPSA) is 38.8 Å². The van der Waals surface area contributed by atoms with Gasteiger partial charge in [-0.1, -0.05) is 116 Å². The maximum Gasteiger partial charge on any atom is 0.333 e. The molecule has 0 N–H and O–H groups in total. The first-order chi connectivity index (χ1) is 13.7. The van der Waals surface area contributed by atoms with Crippen LogP contribution >= 0.6 is 0 Å². The molecule has 0 aliphatic carbocycles. The Morgan fingerprint density at radius 3 is 1.57 bits per heavy atom. The molecule has 1 unspecified atom stereocenters. The highest BCUT2D eigenvalue weighted by molar-refractivity contribution is 5.87. The highest BCUT2D eigenvalue weighted by Gasteiger charge is 2.24. The first-order valence-electron chi connectivity index (χ1n) is 12.2. The molecule has 0 aromatic carbocycles. The molecule has 0 bridgehead atoms. The van der Waals surface area contributed by atoms with E-state index in [2.05, 4.69) is 13.5 Å². The van der Waals surface area contributed by atoms with Gasteiger partial charge in [-0.25, -0.2) is 4.79 Å². The fourth-order valence-corrected chi connectivity index (χ4v) is 3.60. The molecule has 1 aliphatic rings. The van der Waals surface area contributed by atoms with Crippen molar-refractivity contribution in [2.24, 2.45) is 0 Å². The van der Waals surface area contributed by atoms with Crippen molar-refractivity contribution in [2.75, 3.05) is 13.2 Å². The molecule has 3 heteroatoms. The van der Waals surface area contributed by atoms with E-state index in [1.165, 1.54) is 103 Å². The van der Waals surface area contributed by atoms with Gasteiger partial charge in [0.1, 0.15) is 12.7 Å². The van der Waals surface area contributed by atoms with E-state index in [1.807, 2.05) is 0 Å². The lowest BCUT2D eigenvalue weighted by Crippen LogP contribution is -2.11. The predicted octanol–water partition coefficient (Wildman–Crippen LogP) is 7.53. The number of hydrogen-bond donors (Lipinski definition) is 0. The Balaban J connectivity index is 1.71. The molecule has 0 aromatic rings. The second-order valence-electron chi connectivity index (χ2n) is 8.56. The Morgan fingerprint density at radius 1 is 0.786 bits per heavy atom. The van der Waals surface area contributed by atoms with Gasteiger partial charge in [-0.2, -0.15) is 0 Å². The van der Waals surface area contributed by atoms with E-state index in [4.69, 9.17) is 9.47 Å². The number of carbonyl (C=O) groups excluding carboxylic acids is 1. The van der Waals surface area contributed by atoms with Crippen LogP contribution in [0.25, 0.3) is 0 Å². The van der Waals surface area contributed by atoms with Gasteiger partial charge >= 0.3 is 5.97 Å². The normalized spacial score (nSPS) is 15.5. The van der Waals surface area contributed by atoms with Crippen LogP contribution in [0.2, 0.25) is 0 Å². The molecule has 1 heterocycles. The molecule has 0 saturated carbocycles. The largest absolute Gasteiger partial charge is 0.459 e. The van der Waals surface area contributed by atoms with Crippen molar-refractivity contribution in [2.45, 2.75) is 129 Å². The molecular formula is C25H46O3. The minimum Gasteiger partial charge on any atom is -0.459 e. The molecule has 0 spiro atoms. The molecule has 1 rings (SSSR count). The van der Waals surface area contributed by atoms with Gasteiger partial charge in [0.05, 0.1) is 6.61 Å². The van der Waals surface area contributed by atoms with Crippen LogP contribution < -0.4 is 0 Å². The van der Waals surface area contributed by atoms with Crippen LogP contribution in [0.4, 0.5) is 0 Å². The van der Waals surface area contributed by atoms with E-state index in [1.54, 1.807) is 0 Å². The lowest BCUT2D eigenvalue weighted by molar-refractivity contribution is -0.139.